The Bertz CT molecular complexity index is 553. The van der Waals surface area contributed by atoms with Crippen LogP contribution in [0.1, 0.15) is 25.5 Å². The number of hydrogen-bond acceptors (Lipinski definition) is 5. The van der Waals surface area contributed by atoms with E-state index < -0.39 is 7.32 Å². The summed E-state index contributed by atoms with van der Waals surface area (Å²) in [6.45, 7) is 4.05. The highest BCUT2D eigenvalue weighted by molar-refractivity contribution is 6.34. The standard InChI is InChI=1S/C11H15BN2O4/c1-7(2)8-6-9-10(18-12(15)16)4-5-11(17-3)14(9)13-8/h4-7,15-16H,1-3H3. The number of ether oxygens (including phenoxy) is 1. The minimum absolute atomic E-state index is 0.251. The van der Waals surface area contributed by atoms with Gasteiger partial charge in [-0.2, -0.15) is 9.61 Å². The monoisotopic (exact) mass is 250 g/mol. The molecule has 0 spiro atoms. The van der Waals surface area contributed by atoms with Crippen LogP contribution in [0.3, 0.4) is 0 Å². The van der Waals surface area contributed by atoms with Gasteiger partial charge in [-0.05, 0) is 18.1 Å². The van der Waals surface area contributed by atoms with Gasteiger partial charge in [0.2, 0.25) is 5.88 Å². The molecule has 0 aromatic carbocycles. The number of methoxy groups -OCH3 is 1. The molecule has 2 aromatic rings. The summed E-state index contributed by atoms with van der Waals surface area (Å²) in [7, 11) is -0.313. The molecule has 7 heteroatoms. The van der Waals surface area contributed by atoms with E-state index in [0.29, 0.717) is 17.1 Å². The molecular weight excluding hydrogens is 235 g/mol. The van der Waals surface area contributed by atoms with Crippen LogP contribution in [0, 0.1) is 0 Å². The first-order chi connectivity index (χ1) is 8.52. The van der Waals surface area contributed by atoms with E-state index in [9.17, 15) is 0 Å². The molecule has 96 valence electrons. The van der Waals surface area contributed by atoms with Crippen LogP contribution in [-0.4, -0.2) is 34.1 Å². The third-order valence-corrected chi connectivity index (χ3v) is 2.60. The summed E-state index contributed by atoms with van der Waals surface area (Å²) in [5, 5.41) is 22.2. The molecule has 0 aliphatic rings. The van der Waals surface area contributed by atoms with E-state index in [4.69, 9.17) is 19.4 Å². The van der Waals surface area contributed by atoms with Gasteiger partial charge in [-0.15, -0.1) is 0 Å². The van der Waals surface area contributed by atoms with Gasteiger partial charge in [0.1, 0.15) is 11.3 Å². The molecule has 0 unspecified atom stereocenters. The first-order valence-electron chi connectivity index (χ1n) is 5.62. The maximum absolute atomic E-state index is 8.88. The zero-order valence-corrected chi connectivity index (χ0v) is 10.5. The van der Waals surface area contributed by atoms with Crippen LogP contribution in [0.2, 0.25) is 0 Å². The van der Waals surface area contributed by atoms with E-state index in [0.717, 1.165) is 5.69 Å². The van der Waals surface area contributed by atoms with Gasteiger partial charge < -0.3 is 19.4 Å². The Morgan fingerprint density at radius 1 is 1.33 bits per heavy atom. The SMILES string of the molecule is COc1ccc(OB(O)O)c2cc(C(C)C)nn12. The summed E-state index contributed by atoms with van der Waals surface area (Å²) >= 11 is 0. The van der Waals surface area contributed by atoms with Gasteiger partial charge in [0.15, 0.2) is 0 Å². The van der Waals surface area contributed by atoms with E-state index in [1.807, 2.05) is 19.9 Å². The van der Waals surface area contributed by atoms with Crippen molar-refractivity contribution in [2.45, 2.75) is 19.8 Å². The third-order valence-electron chi connectivity index (χ3n) is 2.60. The summed E-state index contributed by atoms with van der Waals surface area (Å²) in [5.41, 5.74) is 1.50. The zero-order chi connectivity index (χ0) is 13.3. The lowest BCUT2D eigenvalue weighted by Crippen LogP contribution is -2.21. The van der Waals surface area contributed by atoms with Gasteiger partial charge in [0, 0.05) is 6.07 Å². The van der Waals surface area contributed by atoms with Crippen molar-refractivity contribution in [1.29, 1.82) is 0 Å². The van der Waals surface area contributed by atoms with Crippen LogP contribution in [0.5, 0.6) is 11.6 Å². The van der Waals surface area contributed by atoms with Crippen molar-refractivity contribution in [2.75, 3.05) is 7.11 Å². The maximum Gasteiger partial charge on any atom is 0.707 e. The molecule has 6 nitrogen and oxygen atoms in total. The fourth-order valence-corrected chi connectivity index (χ4v) is 1.70. The van der Waals surface area contributed by atoms with Crippen molar-refractivity contribution in [1.82, 2.24) is 9.61 Å². The van der Waals surface area contributed by atoms with Crippen molar-refractivity contribution < 1.29 is 19.4 Å². The maximum atomic E-state index is 8.88. The van der Waals surface area contributed by atoms with Crippen LogP contribution < -0.4 is 9.39 Å². The van der Waals surface area contributed by atoms with Crippen LogP contribution >= 0.6 is 0 Å². The third kappa shape index (κ3) is 2.27. The molecule has 0 atom stereocenters. The second-order valence-electron chi connectivity index (χ2n) is 4.21. The second kappa shape index (κ2) is 4.87. The van der Waals surface area contributed by atoms with Crippen LogP contribution in [0.4, 0.5) is 0 Å². The summed E-state index contributed by atoms with van der Waals surface area (Å²) in [4.78, 5) is 0. The Labute approximate surface area is 105 Å². The van der Waals surface area contributed by atoms with Gasteiger partial charge >= 0.3 is 7.32 Å². The van der Waals surface area contributed by atoms with E-state index in [1.54, 1.807) is 23.8 Å². The Morgan fingerprint density at radius 3 is 2.61 bits per heavy atom. The fourth-order valence-electron chi connectivity index (χ4n) is 1.70. The number of nitrogens with zero attached hydrogens (tertiary/aromatic N) is 2. The quantitative estimate of drug-likeness (QED) is 0.785. The largest absolute Gasteiger partial charge is 0.707 e. The fraction of sp³-hybridized carbons (Fsp3) is 0.364. The van der Waals surface area contributed by atoms with Crippen molar-refractivity contribution in [2.24, 2.45) is 0 Å². The summed E-state index contributed by atoms with van der Waals surface area (Å²) in [6, 6.07) is 5.10. The van der Waals surface area contributed by atoms with Gasteiger partial charge in [0.25, 0.3) is 0 Å². The summed E-state index contributed by atoms with van der Waals surface area (Å²) in [5.74, 6) is 1.14. The van der Waals surface area contributed by atoms with Crippen molar-refractivity contribution >= 4 is 12.8 Å². The normalized spacial score (nSPS) is 11.0. The van der Waals surface area contributed by atoms with E-state index in [2.05, 4.69) is 5.10 Å². The average Bonchev–Trinajstić information content (AvgIpc) is 2.74. The number of pyridine rings is 1. The molecule has 0 aliphatic carbocycles. The lowest BCUT2D eigenvalue weighted by molar-refractivity contribution is 0.288. The molecule has 0 fully saturated rings. The first-order valence-corrected chi connectivity index (χ1v) is 5.62. The van der Waals surface area contributed by atoms with E-state index in [1.165, 1.54) is 0 Å². The Morgan fingerprint density at radius 2 is 2.06 bits per heavy atom. The average molecular weight is 250 g/mol. The molecule has 2 rings (SSSR count). The minimum atomic E-state index is -1.86. The Hall–Kier alpha value is -1.73. The highest BCUT2D eigenvalue weighted by Gasteiger charge is 2.17. The Kier molecular flexibility index (Phi) is 3.44. The first kappa shape index (κ1) is 12.7. The van der Waals surface area contributed by atoms with Gasteiger partial charge in [-0.25, -0.2) is 0 Å². The molecule has 0 bridgehead atoms. The van der Waals surface area contributed by atoms with E-state index >= 15 is 0 Å². The minimum Gasteiger partial charge on any atom is -0.510 e. The lowest BCUT2D eigenvalue weighted by atomic mass is 10.1. The summed E-state index contributed by atoms with van der Waals surface area (Å²) < 4.78 is 11.7. The molecule has 2 aromatic heterocycles. The van der Waals surface area contributed by atoms with Crippen molar-refractivity contribution in [3.8, 4) is 11.6 Å². The molecule has 0 saturated heterocycles. The molecule has 0 aliphatic heterocycles. The molecule has 2 heterocycles. The number of rotatable bonds is 4. The number of hydrogen-bond donors (Lipinski definition) is 2. The van der Waals surface area contributed by atoms with Gasteiger partial charge in [-0.3, -0.25) is 0 Å². The number of fused-ring (bicyclic) bond motifs is 1. The molecule has 0 radical (unpaired) electrons. The molecular formula is C11H15BN2O4. The van der Waals surface area contributed by atoms with Crippen molar-refractivity contribution in [3.05, 3.63) is 23.9 Å². The van der Waals surface area contributed by atoms with E-state index in [-0.39, 0.29) is 5.92 Å². The highest BCUT2D eigenvalue weighted by Crippen LogP contribution is 2.28. The van der Waals surface area contributed by atoms with Crippen LogP contribution in [-0.2, 0) is 0 Å². The summed E-state index contributed by atoms with van der Waals surface area (Å²) in [6.07, 6.45) is 0. The second-order valence-corrected chi connectivity index (χ2v) is 4.21. The highest BCUT2D eigenvalue weighted by atomic mass is 16.6. The van der Waals surface area contributed by atoms with Crippen molar-refractivity contribution in [3.63, 3.8) is 0 Å². The zero-order valence-electron chi connectivity index (χ0n) is 10.5. The number of aromatic nitrogens is 2. The molecule has 2 N–H and O–H groups in total. The van der Waals surface area contributed by atoms with Crippen LogP contribution in [0.15, 0.2) is 18.2 Å². The van der Waals surface area contributed by atoms with Gasteiger partial charge in [-0.1, -0.05) is 13.8 Å². The molecule has 0 amide bonds. The topological polar surface area (TPSA) is 76.2 Å². The molecule has 0 saturated carbocycles. The van der Waals surface area contributed by atoms with Crippen LogP contribution in [0.25, 0.3) is 5.52 Å². The lowest BCUT2D eigenvalue weighted by Gasteiger charge is -2.08. The predicted octanol–water partition coefficient (Wildman–Crippen LogP) is 0.815. The predicted molar refractivity (Wildman–Crippen MR) is 66.7 cm³/mol. The molecule has 18 heavy (non-hydrogen) atoms. The smallest absolute Gasteiger partial charge is 0.510 e. The van der Waals surface area contributed by atoms with Gasteiger partial charge in [0.05, 0.1) is 12.8 Å². The Balaban J connectivity index is 2.60.